The summed E-state index contributed by atoms with van der Waals surface area (Å²) in [6.07, 6.45) is -0.487. The van der Waals surface area contributed by atoms with Crippen molar-refractivity contribution in [3.05, 3.63) is 29.0 Å². The maximum absolute atomic E-state index is 12.7. The molecule has 2 nitrogen and oxygen atoms in total. The number of anilines is 1. The summed E-state index contributed by atoms with van der Waals surface area (Å²) in [5.41, 5.74) is 0.502. The van der Waals surface area contributed by atoms with Gasteiger partial charge in [0.1, 0.15) is 5.82 Å². The minimum Gasteiger partial charge on any atom is -0.392 e. The highest BCUT2D eigenvalue weighted by molar-refractivity contribution is 6.33. The van der Waals surface area contributed by atoms with E-state index < -0.39 is 6.10 Å². The lowest BCUT2D eigenvalue weighted by Crippen LogP contribution is -2.15. The molecular weight excluding hydrogens is 193 g/mol. The Balaban J connectivity index is 2.70. The molecule has 0 heterocycles. The van der Waals surface area contributed by atoms with Gasteiger partial charge in [0.2, 0.25) is 0 Å². The molecule has 1 atom stereocenters. The summed E-state index contributed by atoms with van der Waals surface area (Å²) in [6, 6.07) is 4.06. The second-order valence-electron chi connectivity index (χ2n) is 2.85. The second-order valence-corrected chi connectivity index (χ2v) is 3.26. The van der Waals surface area contributed by atoms with Crippen molar-refractivity contribution < 1.29 is 9.50 Å². The Bertz CT molecular complexity index is 291. The third kappa shape index (κ3) is 3.20. The summed E-state index contributed by atoms with van der Waals surface area (Å²) in [5, 5.41) is 12.3. The predicted octanol–water partition coefficient (Wildman–Crippen LogP) is 2.27. The molecule has 0 aromatic heterocycles. The fourth-order valence-electron chi connectivity index (χ4n) is 0.891. The Morgan fingerprint density at radius 3 is 2.92 bits per heavy atom. The van der Waals surface area contributed by atoms with E-state index in [2.05, 4.69) is 5.32 Å². The molecule has 0 aliphatic heterocycles. The Morgan fingerprint density at radius 1 is 1.62 bits per heavy atom. The Hall–Kier alpha value is -0.800. The SMILES string of the molecule is C[C@H](O)CNc1cc(F)ccc1Cl. The summed E-state index contributed by atoms with van der Waals surface area (Å²) in [7, 11) is 0. The lowest BCUT2D eigenvalue weighted by molar-refractivity contribution is 0.208. The van der Waals surface area contributed by atoms with E-state index in [9.17, 15) is 4.39 Å². The molecule has 4 heteroatoms. The van der Waals surface area contributed by atoms with Crippen LogP contribution in [0, 0.1) is 5.82 Å². The van der Waals surface area contributed by atoms with Crippen molar-refractivity contribution in [3.8, 4) is 0 Å². The van der Waals surface area contributed by atoms with Gasteiger partial charge in [-0.2, -0.15) is 0 Å². The summed E-state index contributed by atoms with van der Waals surface area (Å²) in [5.74, 6) is -0.350. The molecule has 0 spiro atoms. The fraction of sp³-hybridized carbons (Fsp3) is 0.333. The van der Waals surface area contributed by atoms with E-state index in [4.69, 9.17) is 16.7 Å². The number of hydrogen-bond acceptors (Lipinski definition) is 2. The van der Waals surface area contributed by atoms with Crippen molar-refractivity contribution in [3.63, 3.8) is 0 Å². The normalized spacial score (nSPS) is 12.6. The van der Waals surface area contributed by atoms with Crippen LogP contribution in [0.15, 0.2) is 18.2 Å². The minimum absolute atomic E-state index is 0.350. The van der Waals surface area contributed by atoms with E-state index in [1.54, 1.807) is 6.92 Å². The summed E-state index contributed by atoms with van der Waals surface area (Å²) >= 11 is 5.77. The van der Waals surface area contributed by atoms with E-state index in [0.29, 0.717) is 17.3 Å². The molecule has 0 aliphatic rings. The zero-order valence-electron chi connectivity index (χ0n) is 7.22. The molecular formula is C9H11ClFNO. The van der Waals surface area contributed by atoms with Crippen molar-refractivity contribution in [2.24, 2.45) is 0 Å². The molecule has 2 N–H and O–H groups in total. The lowest BCUT2D eigenvalue weighted by Gasteiger charge is -2.09. The first-order valence-electron chi connectivity index (χ1n) is 3.96. The molecule has 0 aliphatic carbocycles. The van der Waals surface area contributed by atoms with Gasteiger partial charge in [-0.1, -0.05) is 11.6 Å². The van der Waals surface area contributed by atoms with Crippen LogP contribution in [0.3, 0.4) is 0 Å². The van der Waals surface area contributed by atoms with Crippen molar-refractivity contribution in [1.82, 2.24) is 0 Å². The van der Waals surface area contributed by atoms with Crippen LogP contribution in [0.1, 0.15) is 6.92 Å². The van der Waals surface area contributed by atoms with Gasteiger partial charge in [-0.15, -0.1) is 0 Å². The molecule has 0 amide bonds. The van der Waals surface area contributed by atoms with Crippen LogP contribution in [0.25, 0.3) is 0 Å². The quantitative estimate of drug-likeness (QED) is 0.790. The third-order valence-electron chi connectivity index (χ3n) is 1.52. The van der Waals surface area contributed by atoms with Gasteiger partial charge in [-0.25, -0.2) is 4.39 Å². The number of benzene rings is 1. The number of halogens is 2. The van der Waals surface area contributed by atoms with Gasteiger partial charge in [0.15, 0.2) is 0 Å². The van der Waals surface area contributed by atoms with Crippen molar-refractivity contribution >= 4 is 17.3 Å². The van der Waals surface area contributed by atoms with Crippen molar-refractivity contribution in [2.75, 3.05) is 11.9 Å². The van der Waals surface area contributed by atoms with E-state index >= 15 is 0 Å². The predicted molar refractivity (Wildman–Crippen MR) is 51.6 cm³/mol. The zero-order chi connectivity index (χ0) is 9.84. The average Bonchev–Trinajstić information content (AvgIpc) is 2.06. The molecule has 13 heavy (non-hydrogen) atoms. The van der Waals surface area contributed by atoms with E-state index in [1.807, 2.05) is 0 Å². The summed E-state index contributed by atoms with van der Waals surface area (Å²) in [4.78, 5) is 0. The number of nitrogens with one attached hydrogen (secondary N) is 1. The number of aliphatic hydroxyl groups is 1. The first-order valence-corrected chi connectivity index (χ1v) is 4.34. The van der Waals surface area contributed by atoms with E-state index in [1.165, 1.54) is 18.2 Å². The molecule has 0 radical (unpaired) electrons. The highest BCUT2D eigenvalue weighted by atomic mass is 35.5. The third-order valence-corrected chi connectivity index (χ3v) is 1.85. The molecule has 1 rings (SSSR count). The van der Waals surface area contributed by atoms with Crippen LogP contribution in [-0.2, 0) is 0 Å². The molecule has 0 bridgehead atoms. The van der Waals surface area contributed by atoms with Gasteiger partial charge < -0.3 is 10.4 Å². The second kappa shape index (κ2) is 4.44. The fourth-order valence-corrected chi connectivity index (χ4v) is 1.07. The highest BCUT2D eigenvalue weighted by Crippen LogP contribution is 2.22. The molecule has 0 unspecified atom stereocenters. The monoisotopic (exact) mass is 203 g/mol. The molecule has 1 aromatic rings. The van der Waals surface area contributed by atoms with Gasteiger partial charge >= 0.3 is 0 Å². The van der Waals surface area contributed by atoms with Gasteiger partial charge in [0, 0.05) is 6.54 Å². The average molecular weight is 204 g/mol. The van der Waals surface area contributed by atoms with E-state index in [-0.39, 0.29) is 5.82 Å². The van der Waals surface area contributed by atoms with Crippen LogP contribution >= 0.6 is 11.6 Å². The van der Waals surface area contributed by atoms with Gasteiger partial charge in [-0.3, -0.25) is 0 Å². The van der Waals surface area contributed by atoms with Crippen LogP contribution in [0.2, 0.25) is 5.02 Å². The van der Waals surface area contributed by atoms with Crippen molar-refractivity contribution in [1.29, 1.82) is 0 Å². The zero-order valence-corrected chi connectivity index (χ0v) is 7.98. The van der Waals surface area contributed by atoms with Crippen LogP contribution < -0.4 is 5.32 Å². The van der Waals surface area contributed by atoms with Gasteiger partial charge in [0.25, 0.3) is 0 Å². The van der Waals surface area contributed by atoms with Gasteiger partial charge in [-0.05, 0) is 25.1 Å². The standard InChI is InChI=1S/C9H11ClFNO/c1-6(13)5-12-9-4-7(11)2-3-8(9)10/h2-4,6,12-13H,5H2,1H3/t6-/m0/s1. The maximum Gasteiger partial charge on any atom is 0.125 e. The molecule has 72 valence electrons. The largest absolute Gasteiger partial charge is 0.392 e. The number of rotatable bonds is 3. The van der Waals surface area contributed by atoms with Gasteiger partial charge in [0.05, 0.1) is 16.8 Å². The Labute approximate surface area is 81.3 Å². The topological polar surface area (TPSA) is 32.3 Å². The van der Waals surface area contributed by atoms with Crippen LogP contribution in [-0.4, -0.2) is 17.8 Å². The maximum atomic E-state index is 12.7. The van der Waals surface area contributed by atoms with Crippen LogP contribution in [0.5, 0.6) is 0 Å². The Morgan fingerprint density at radius 2 is 2.31 bits per heavy atom. The van der Waals surface area contributed by atoms with E-state index in [0.717, 1.165) is 0 Å². The highest BCUT2D eigenvalue weighted by Gasteiger charge is 2.02. The minimum atomic E-state index is -0.487. The smallest absolute Gasteiger partial charge is 0.125 e. The summed E-state index contributed by atoms with van der Waals surface area (Å²) < 4.78 is 12.7. The van der Waals surface area contributed by atoms with Crippen molar-refractivity contribution in [2.45, 2.75) is 13.0 Å². The molecule has 0 saturated heterocycles. The summed E-state index contributed by atoms with van der Waals surface area (Å²) in [6.45, 7) is 1.99. The molecule has 0 saturated carbocycles. The molecule has 0 fully saturated rings. The van der Waals surface area contributed by atoms with Crippen LogP contribution in [0.4, 0.5) is 10.1 Å². The lowest BCUT2D eigenvalue weighted by atomic mass is 10.3. The number of hydrogen-bond donors (Lipinski definition) is 2. The first kappa shape index (κ1) is 10.3. The first-order chi connectivity index (χ1) is 6.09. The number of aliphatic hydroxyl groups excluding tert-OH is 1. The Kier molecular flexibility index (Phi) is 3.51. The molecule has 1 aromatic carbocycles.